The van der Waals surface area contributed by atoms with Gasteiger partial charge in [0.05, 0.1) is 10.9 Å². The van der Waals surface area contributed by atoms with E-state index < -0.39 is 0 Å². The lowest BCUT2D eigenvalue weighted by Gasteiger charge is -2.22. The van der Waals surface area contributed by atoms with E-state index in [1.54, 1.807) is 0 Å². The number of piperidine rings is 1. The predicted molar refractivity (Wildman–Crippen MR) is 62.6 cm³/mol. The summed E-state index contributed by atoms with van der Waals surface area (Å²) >= 11 is 0. The van der Waals surface area contributed by atoms with E-state index in [1.807, 2.05) is 24.3 Å². The zero-order chi connectivity index (χ0) is 10.8. The Morgan fingerprint density at radius 3 is 3.12 bits per heavy atom. The molecule has 1 fully saturated rings. The van der Waals surface area contributed by atoms with Crippen molar-refractivity contribution in [2.24, 2.45) is 0 Å². The average molecular weight is 217 g/mol. The standard InChI is InChI=1S/C12H15N3O/c1-2-6-11-10(5-1)12(15-14-11)16-9-4-3-7-13-8-9/h1-2,5-6,9,13H,3-4,7-8H2,(H,14,15). The molecule has 0 aliphatic carbocycles. The zero-order valence-corrected chi connectivity index (χ0v) is 9.07. The van der Waals surface area contributed by atoms with Crippen LogP contribution in [-0.2, 0) is 0 Å². The van der Waals surface area contributed by atoms with Crippen LogP contribution in [0.25, 0.3) is 10.9 Å². The molecule has 2 heterocycles. The van der Waals surface area contributed by atoms with Crippen molar-refractivity contribution >= 4 is 10.9 Å². The van der Waals surface area contributed by atoms with Crippen LogP contribution in [0, 0.1) is 0 Å². The maximum atomic E-state index is 5.90. The number of aromatic amines is 1. The first-order valence-electron chi connectivity index (χ1n) is 5.74. The fraction of sp³-hybridized carbons (Fsp3) is 0.417. The molecular formula is C12H15N3O. The van der Waals surface area contributed by atoms with Gasteiger partial charge in [-0.25, -0.2) is 0 Å². The average Bonchev–Trinajstić information content (AvgIpc) is 2.74. The monoisotopic (exact) mass is 217 g/mol. The summed E-state index contributed by atoms with van der Waals surface area (Å²) in [5.41, 5.74) is 1.03. The van der Waals surface area contributed by atoms with Crippen LogP contribution in [0.1, 0.15) is 12.8 Å². The number of rotatable bonds is 2. The largest absolute Gasteiger partial charge is 0.472 e. The molecule has 1 unspecified atom stereocenters. The first-order valence-corrected chi connectivity index (χ1v) is 5.74. The summed E-state index contributed by atoms with van der Waals surface area (Å²) in [6.45, 7) is 2.02. The summed E-state index contributed by atoms with van der Waals surface area (Å²) in [5, 5.41) is 11.6. The third-order valence-electron chi connectivity index (χ3n) is 2.97. The molecule has 0 saturated carbocycles. The Kier molecular flexibility index (Phi) is 2.50. The number of hydrogen-bond donors (Lipinski definition) is 2. The number of nitrogens with one attached hydrogen (secondary N) is 2. The Balaban J connectivity index is 1.83. The molecule has 84 valence electrons. The number of H-pyrrole nitrogens is 1. The van der Waals surface area contributed by atoms with E-state index in [0.29, 0.717) is 0 Å². The van der Waals surface area contributed by atoms with Crippen molar-refractivity contribution in [3.05, 3.63) is 24.3 Å². The van der Waals surface area contributed by atoms with Crippen molar-refractivity contribution in [2.45, 2.75) is 18.9 Å². The molecule has 1 saturated heterocycles. The van der Waals surface area contributed by atoms with Gasteiger partial charge in [-0.15, -0.1) is 5.10 Å². The second kappa shape index (κ2) is 4.14. The van der Waals surface area contributed by atoms with Gasteiger partial charge in [0.25, 0.3) is 0 Å². The van der Waals surface area contributed by atoms with Gasteiger partial charge in [0.2, 0.25) is 5.88 Å². The van der Waals surface area contributed by atoms with Crippen molar-refractivity contribution in [3.8, 4) is 5.88 Å². The highest BCUT2D eigenvalue weighted by atomic mass is 16.5. The van der Waals surface area contributed by atoms with Gasteiger partial charge in [0, 0.05) is 6.54 Å². The van der Waals surface area contributed by atoms with Crippen molar-refractivity contribution in [1.82, 2.24) is 15.5 Å². The van der Waals surface area contributed by atoms with Crippen LogP contribution in [0.15, 0.2) is 24.3 Å². The minimum atomic E-state index is 0.250. The van der Waals surface area contributed by atoms with Gasteiger partial charge in [0.1, 0.15) is 6.10 Å². The number of nitrogens with zero attached hydrogens (tertiary/aromatic N) is 1. The first kappa shape index (κ1) is 9.66. The summed E-state index contributed by atoms with van der Waals surface area (Å²) in [4.78, 5) is 0. The number of para-hydroxylation sites is 1. The Labute approximate surface area is 94.0 Å². The number of benzene rings is 1. The molecule has 0 radical (unpaired) electrons. The second-order valence-electron chi connectivity index (χ2n) is 4.16. The molecule has 2 aromatic rings. The van der Waals surface area contributed by atoms with Crippen LogP contribution in [0.2, 0.25) is 0 Å². The molecule has 0 bridgehead atoms. The lowest BCUT2D eigenvalue weighted by atomic mass is 10.1. The molecule has 4 nitrogen and oxygen atoms in total. The Hall–Kier alpha value is -1.55. The molecular weight excluding hydrogens is 202 g/mol. The van der Waals surface area contributed by atoms with Crippen molar-refractivity contribution in [1.29, 1.82) is 0 Å². The maximum Gasteiger partial charge on any atom is 0.240 e. The molecule has 4 heteroatoms. The number of fused-ring (bicyclic) bond motifs is 1. The van der Waals surface area contributed by atoms with E-state index in [9.17, 15) is 0 Å². The van der Waals surface area contributed by atoms with Crippen LogP contribution in [0.4, 0.5) is 0 Å². The van der Waals surface area contributed by atoms with Gasteiger partial charge in [-0.05, 0) is 31.5 Å². The van der Waals surface area contributed by atoms with Gasteiger partial charge in [-0.2, -0.15) is 0 Å². The summed E-state index contributed by atoms with van der Waals surface area (Å²) in [5.74, 6) is 0.726. The lowest BCUT2D eigenvalue weighted by molar-refractivity contribution is 0.162. The van der Waals surface area contributed by atoms with Crippen LogP contribution in [-0.4, -0.2) is 29.4 Å². The summed E-state index contributed by atoms with van der Waals surface area (Å²) in [6, 6.07) is 8.04. The highest BCUT2D eigenvalue weighted by Crippen LogP contribution is 2.23. The fourth-order valence-corrected chi connectivity index (χ4v) is 2.11. The molecule has 1 aromatic heterocycles. The number of ether oxygens (including phenoxy) is 1. The third kappa shape index (κ3) is 1.76. The Morgan fingerprint density at radius 2 is 2.25 bits per heavy atom. The predicted octanol–water partition coefficient (Wildman–Crippen LogP) is 1.69. The van der Waals surface area contributed by atoms with Gasteiger partial charge < -0.3 is 10.1 Å². The van der Waals surface area contributed by atoms with E-state index in [-0.39, 0.29) is 6.10 Å². The number of hydrogen-bond acceptors (Lipinski definition) is 3. The van der Waals surface area contributed by atoms with E-state index in [0.717, 1.165) is 36.3 Å². The molecule has 0 amide bonds. The van der Waals surface area contributed by atoms with E-state index in [4.69, 9.17) is 4.74 Å². The van der Waals surface area contributed by atoms with Crippen molar-refractivity contribution in [2.75, 3.05) is 13.1 Å². The topological polar surface area (TPSA) is 49.9 Å². The van der Waals surface area contributed by atoms with Crippen LogP contribution < -0.4 is 10.1 Å². The van der Waals surface area contributed by atoms with Gasteiger partial charge in [0.15, 0.2) is 0 Å². The first-order chi connectivity index (χ1) is 7.93. The van der Waals surface area contributed by atoms with Gasteiger partial charge in [-0.3, -0.25) is 5.10 Å². The smallest absolute Gasteiger partial charge is 0.240 e. The fourth-order valence-electron chi connectivity index (χ4n) is 2.11. The van der Waals surface area contributed by atoms with Crippen LogP contribution in [0.3, 0.4) is 0 Å². The lowest BCUT2D eigenvalue weighted by Crippen LogP contribution is -2.37. The van der Waals surface area contributed by atoms with Gasteiger partial charge in [-0.1, -0.05) is 12.1 Å². The van der Waals surface area contributed by atoms with Crippen molar-refractivity contribution < 1.29 is 4.74 Å². The SMILES string of the molecule is c1ccc2c(OC3CCCNC3)n[nH]c2c1. The summed E-state index contributed by atoms with van der Waals surface area (Å²) in [6.07, 6.45) is 2.53. The molecule has 0 spiro atoms. The maximum absolute atomic E-state index is 5.90. The molecule has 1 atom stereocenters. The Morgan fingerprint density at radius 1 is 1.31 bits per heavy atom. The normalized spacial score (nSPS) is 21.1. The quantitative estimate of drug-likeness (QED) is 0.805. The third-order valence-corrected chi connectivity index (χ3v) is 2.97. The van der Waals surface area contributed by atoms with Crippen LogP contribution >= 0.6 is 0 Å². The molecule has 1 aromatic carbocycles. The minimum absolute atomic E-state index is 0.250. The molecule has 16 heavy (non-hydrogen) atoms. The summed E-state index contributed by atoms with van der Waals surface area (Å²) in [7, 11) is 0. The van der Waals surface area contributed by atoms with E-state index >= 15 is 0 Å². The second-order valence-corrected chi connectivity index (χ2v) is 4.16. The molecule has 2 N–H and O–H groups in total. The van der Waals surface area contributed by atoms with Gasteiger partial charge >= 0.3 is 0 Å². The minimum Gasteiger partial charge on any atom is -0.472 e. The Bertz CT molecular complexity index is 474. The van der Waals surface area contributed by atoms with Crippen LogP contribution in [0.5, 0.6) is 5.88 Å². The molecule has 1 aliphatic rings. The highest BCUT2D eigenvalue weighted by Gasteiger charge is 2.16. The number of aromatic nitrogens is 2. The van der Waals surface area contributed by atoms with Crippen molar-refractivity contribution in [3.63, 3.8) is 0 Å². The van der Waals surface area contributed by atoms with E-state index in [2.05, 4.69) is 15.5 Å². The molecule has 1 aliphatic heterocycles. The van der Waals surface area contributed by atoms with E-state index in [1.165, 1.54) is 6.42 Å². The summed E-state index contributed by atoms with van der Waals surface area (Å²) < 4.78 is 5.90. The molecule has 3 rings (SSSR count). The zero-order valence-electron chi connectivity index (χ0n) is 9.07. The highest BCUT2D eigenvalue weighted by molar-refractivity contribution is 5.83.